The van der Waals surface area contributed by atoms with Crippen LogP contribution in [0.25, 0.3) is 0 Å². The predicted molar refractivity (Wildman–Crippen MR) is 55.1 cm³/mol. The molecule has 0 atom stereocenters. The second kappa shape index (κ2) is 6.35. The topological polar surface area (TPSA) is 40.5 Å². The molecule has 2 N–H and O–H groups in total. The van der Waals surface area contributed by atoms with E-state index in [1.54, 1.807) is 6.07 Å². The Balaban J connectivity index is 0.000000671. The van der Waals surface area contributed by atoms with Gasteiger partial charge in [-0.2, -0.15) is 0 Å². The molecule has 0 amide bonds. The highest BCUT2D eigenvalue weighted by Crippen LogP contribution is 2.28. The normalized spacial score (nSPS) is 8.85. The number of hydrogen-bond acceptors (Lipinski definition) is 2. The first-order valence-electron chi connectivity index (χ1n) is 4.75. The van der Waals surface area contributed by atoms with E-state index in [1.165, 1.54) is 6.07 Å². The van der Waals surface area contributed by atoms with Crippen molar-refractivity contribution in [2.45, 2.75) is 33.6 Å². The Morgan fingerprint density at radius 2 is 1.77 bits per heavy atom. The number of para-hydroxylation sites is 1. The monoisotopic (exact) mass is 182 g/mol. The molecule has 0 fully saturated rings. The highest BCUT2D eigenvalue weighted by molar-refractivity contribution is 5.44. The van der Waals surface area contributed by atoms with E-state index in [1.807, 2.05) is 26.8 Å². The first kappa shape index (κ1) is 11.8. The molecule has 0 aliphatic carbocycles. The molecule has 2 heteroatoms. The van der Waals surface area contributed by atoms with Crippen molar-refractivity contribution in [1.29, 1.82) is 0 Å². The number of aromatic hydroxyl groups is 2. The molecule has 0 aromatic heterocycles. The Hall–Kier alpha value is -1.18. The number of benzene rings is 1. The van der Waals surface area contributed by atoms with Crippen molar-refractivity contribution in [2.24, 2.45) is 0 Å². The van der Waals surface area contributed by atoms with Gasteiger partial charge in [0.1, 0.15) is 0 Å². The second-order valence-electron chi connectivity index (χ2n) is 2.53. The van der Waals surface area contributed by atoms with E-state index in [0.717, 1.165) is 18.4 Å². The first-order valence-corrected chi connectivity index (χ1v) is 4.75. The largest absolute Gasteiger partial charge is 0.504 e. The molecule has 0 saturated heterocycles. The number of rotatable bonds is 2. The SMILES string of the molecule is CC.CCCc1cccc(O)c1O. The second-order valence-corrected chi connectivity index (χ2v) is 2.53. The van der Waals surface area contributed by atoms with Crippen LogP contribution in [0.15, 0.2) is 18.2 Å². The Labute approximate surface area is 79.9 Å². The van der Waals surface area contributed by atoms with E-state index in [9.17, 15) is 5.11 Å². The van der Waals surface area contributed by atoms with Gasteiger partial charge in [-0.15, -0.1) is 0 Å². The Bertz CT molecular complexity index is 244. The average Bonchev–Trinajstić information content (AvgIpc) is 2.17. The molecule has 1 aromatic rings. The van der Waals surface area contributed by atoms with Crippen LogP contribution in [0.4, 0.5) is 0 Å². The molecule has 0 aliphatic heterocycles. The minimum Gasteiger partial charge on any atom is -0.504 e. The summed E-state index contributed by atoms with van der Waals surface area (Å²) < 4.78 is 0. The van der Waals surface area contributed by atoms with Crippen molar-refractivity contribution in [3.8, 4) is 11.5 Å². The fourth-order valence-electron chi connectivity index (χ4n) is 1.05. The Morgan fingerprint density at radius 3 is 2.31 bits per heavy atom. The minimum atomic E-state index is -0.0315. The quantitative estimate of drug-likeness (QED) is 0.690. The highest BCUT2D eigenvalue weighted by atomic mass is 16.3. The van der Waals surface area contributed by atoms with Gasteiger partial charge in [-0.1, -0.05) is 39.3 Å². The van der Waals surface area contributed by atoms with Crippen molar-refractivity contribution in [2.75, 3.05) is 0 Å². The lowest BCUT2D eigenvalue weighted by Gasteiger charge is -2.03. The Kier molecular flexibility index (Phi) is 5.77. The van der Waals surface area contributed by atoms with Gasteiger partial charge in [-0.25, -0.2) is 0 Å². The van der Waals surface area contributed by atoms with Crippen molar-refractivity contribution in [3.05, 3.63) is 23.8 Å². The summed E-state index contributed by atoms with van der Waals surface area (Å²) >= 11 is 0. The molecule has 0 bridgehead atoms. The lowest BCUT2D eigenvalue weighted by atomic mass is 10.1. The van der Waals surface area contributed by atoms with Gasteiger partial charge >= 0.3 is 0 Å². The maximum atomic E-state index is 9.28. The third-order valence-corrected chi connectivity index (χ3v) is 1.62. The number of phenols is 2. The van der Waals surface area contributed by atoms with Gasteiger partial charge < -0.3 is 10.2 Å². The van der Waals surface area contributed by atoms with Gasteiger partial charge in [0, 0.05) is 0 Å². The van der Waals surface area contributed by atoms with Gasteiger partial charge in [0.2, 0.25) is 0 Å². The summed E-state index contributed by atoms with van der Waals surface area (Å²) in [6, 6.07) is 5.03. The van der Waals surface area contributed by atoms with E-state index >= 15 is 0 Å². The zero-order valence-corrected chi connectivity index (χ0v) is 8.54. The molecule has 1 aromatic carbocycles. The summed E-state index contributed by atoms with van der Waals surface area (Å²) in [6.07, 6.45) is 1.78. The summed E-state index contributed by atoms with van der Waals surface area (Å²) in [5.41, 5.74) is 0.813. The maximum Gasteiger partial charge on any atom is 0.160 e. The molecular formula is C11H18O2. The van der Waals surface area contributed by atoms with Gasteiger partial charge in [-0.3, -0.25) is 0 Å². The maximum absolute atomic E-state index is 9.28. The zero-order chi connectivity index (χ0) is 10.3. The van der Waals surface area contributed by atoms with E-state index in [2.05, 4.69) is 0 Å². The third-order valence-electron chi connectivity index (χ3n) is 1.62. The summed E-state index contributed by atoms with van der Waals surface area (Å²) in [5.74, 6) is -0.00898. The van der Waals surface area contributed by atoms with Crippen LogP contribution in [0, 0.1) is 0 Å². The minimum absolute atomic E-state index is 0.0225. The van der Waals surface area contributed by atoms with E-state index < -0.39 is 0 Å². The number of phenolic OH excluding ortho intramolecular Hbond substituents is 2. The highest BCUT2D eigenvalue weighted by Gasteiger charge is 2.02. The van der Waals surface area contributed by atoms with Crippen LogP contribution in [0.2, 0.25) is 0 Å². The summed E-state index contributed by atoms with van der Waals surface area (Å²) in [4.78, 5) is 0. The van der Waals surface area contributed by atoms with Crippen molar-refractivity contribution < 1.29 is 10.2 Å². The zero-order valence-electron chi connectivity index (χ0n) is 8.54. The molecule has 74 valence electrons. The Morgan fingerprint density at radius 1 is 1.15 bits per heavy atom. The fraction of sp³-hybridized carbons (Fsp3) is 0.455. The van der Waals surface area contributed by atoms with Gasteiger partial charge in [0.15, 0.2) is 11.5 Å². The summed E-state index contributed by atoms with van der Waals surface area (Å²) in [6.45, 7) is 6.03. The summed E-state index contributed by atoms with van der Waals surface area (Å²) in [7, 11) is 0. The molecule has 0 spiro atoms. The fourth-order valence-corrected chi connectivity index (χ4v) is 1.05. The van der Waals surface area contributed by atoms with Crippen molar-refractivity contribution in [1.82, 2.24) is 0 Å². The molecule has 0 saturated carbocycles. The standard InChI is InChI=1S/C9H12O2.C2H6/c1-2-4-7-5-3-6-8(10)9(7)11;1-2/h3,5-6,10-11H,2,4H2,1H3;1-2H3. The molecule has 2 nitrogen and oxygen atoms in total. The van der Waals surface area contributed by atoms with E-state index in [0.29, 0.717) is 0 Å². The molecule has 0 heterocycles. The number of hydrogen-bond donors (Lipinski definition) is 2. The van der Waals surface area contributed by atoms with E-state index in [-0.39, 0.29) is 11.5 Å². The molecule has 0 radical (unpaired) electrons. The lowest BCUT2D eigenvalue weighted by molar-refractivity contribution is 0.399. The van der Waals surface area contributed by atoms with Crippen LogP contribution < -0.4 is 0 Å². The van der Waals surface area contributed by atoms with Crippen molar-refractivity contribution in [3.63, 3.8) is 0 Å². The van der Waals surface area contributed by atoms with Crippen molar-refractivity contribution >= 4 is 0 Å². The van der Waals surface area contributed by atoms with Crippen LogP contribution in [0.5, 0.6) is 11.5 Å². The molecule has 13 heavy (non-hydrogen) atoms. The third kappa shape index (κ3) is 3.36. The van der Waals surface area contributed by atoms with Gasteiger partial charge in [0.05, 0.1) is 0 Å². The average molecular weight is 182 g/mol. The molecule has 0 aliphatic rings. The predicted octanol–water partition coefficient (Wildman–Crippen LogP) is 3.08. The molecule has 0 unspecified atom stereocenters. The molecular weight excluding hydrogens is 164 g/mol. The van der Waals surface area contributed by atoms with Crippen LogP contribution in [-0.4, -0.2) is 10.2 Å². The smallest absolute Gasteiger partial charge is 0.160 e. The lowest BCUT2D eigenvalue weighted by Crippen LogP contribution is -1.83. The van der Waals surface area contributed by atoms with Crippen LogP contribution in [-0.2, 0) is 6.42 Å². The summed E-state index contributed by atoms with van der Waals surface area (Å²) in [5, 5.41) is 18.4. The van der Waals surface area contributed by atoms with Crippen LogP contribution >= 0.6 is 0 Å². The number of aryl methyl sites for hydroxylation is 1. The first-order chi connectivity index (χ1) is 6.25. The van der Waals surface area contributed by atoms with Crippen LogP contribution in [0.3, 0.4) is 0 Å². The van der Waals surface area contributed by atoms with Gasteiger partial charge in [0.25, 0.3) is 0 Å². The molecule has 1 rings (SSSR count). The van der Waals surface area contributed by atoms with Crippen LogP contribution in [0.1, 0.15) is 32.8 Å². The van der Waals surface area contributed by atoms with Gasteiger partial charge in [-0.05, 0) is 18.1 Å². The van der Waals surface area contributed by atoms with E-state index in [4.69, 9.17) is 5.11 Å².